The van der Waals surface area contributed by atoms with Crippen molar-refractivity contribution in [3.8, 4) is 5.75 Å². The third-order valence-electron chi connectivity index (χ3n) is 1.34. The van der Waals surface area contributed by atoms with Crippen LogP contribution in [0.5, 0.6) is 5.75 Å². The van der Waals surface area contributed by atoms with Crippen LogP contribution in [0.25, 0.3) is 0 Å². The van der Waals surface area contributed by atoms with E-state index in [1.807, 2.05) is 0 Å². The van der Waals surface area contributed by atoms with E-state index in [4.69, 9.17) is 34.8 Å². The van der Waals surface area contributed by atoms with Gasteiger partial charge in [0.15, 0.2) is 0 Å². The lowest BCUT2D eigenvalue weighted by atomic mass is 10.2. The normalized spacial score (nSPS) is 11.0. The molecule has 2 nitrogen and oxygen atoms in total. The van der Waals surface area contributed by atoms with Crippen molar-refractivity contribution in [2.75, 3.05) is 0 Å². The monoisotopic (exact) mass is 237 g/mol. The van der Waals surface area contributed by atoms with Gasteiger partial charge in [-0.3, -0.25) is 0 Å². The highest BCUT2D eigenvalue weighted by Crippen LogP contribution is 2.38. The average Bonchev–Trinajstić information content (AvgIpc) is 2.04. The van der Waals surface area contributed by atoms with Crippen molar-refractivity contribution in [3.05, 3.63) is 29.8 Å². The highest BCUT2D eigenvalue weighted by atomic mass is 35.6. The van der Waals surface area contributed by atoms with Gasteiger partial charge in [-0.05, 0) is 12.1 Å². The zero-order valence-electron chi connectivity index (χ0n) is 6.26. The Balaban J connectivity index is 2.87. The number of hydrogen-bond donors (Lipinski definition) is 0. The van der Waals surface area contributed by atoms with Crippen molar-refractivity contribution in [2.24, 2.45) is 0 Å². The Morgan fingerprint density at radius 2 is 1.69 bits per heavy atom. The predicted molar refractivity (Wildman–Crippen MR) is 52.0 cm³/mol. The lowest BCUT2D eigenvalue weighted by Gasteiger charge is -2.10. The summed E-state index contributed by atoms with van der Waals surface area (Å²) in [5.41, 5.74) is 0.510. The van der Waals surface area contributed by atoms with E-state index in [0.29, 0.717) is 11.3 Å². The molecule has 0 N–H and O–H groups in total. The molecule has 1 aromatic carbocycles. The number of benzene rings is 1. The molecule has 69 valence electrons. The number of ether oxygens (including phenoxy) is 1. The molecule has 0 saturated carbocycles. The quantitative estimate of drug-likeness (QED) is 0.741. The van der Waals surface area contributed by atoms with E-state index < -0.39 is 3.79 Å². The van der Waals surface area contributed by atoms with E-state index in [0.717, 1.165) is 0 Å². The second-order valence-corrected chi connectivity index (χ2v) is 4.49. The summed E-state index contributed by atoms with van der Waals surface area (Å²) >= 11 is 16.8. The SMILES string of the molecule is O=[C]Oc1ccc(C(Cl)(Cl)Cl)cc1. The van der Waals surface area contributed by atoms with Crippen LogP contribution in [0.2, 0.25) is 0 Å². The van der Waals surface area contributed by atoms with Crippen molar-refractivity contribution < 1.29 is 9.53 Å². The van der Waals surface area contributed by atoms with Crippen LogP contribution in [0.15, 0.2) is 24.3 Å². The van der Waals surface area contributed by atoms with Crippen molar-refractivity contribution in [1.29, 1.82) is 0 Å². The van der Waals surface area contributed by atoms with Crippen LogP contribution in [-0.2, 0) is 8.59 Å². The molecule has 0 unspecified atom stereocenters. The van der Waals surface area contributed by atoms with Gasteiger partial charge in [0, 0.05) is 5.56 Å². The molecular weight excluding hydrogens is 234 g/mol. The molecule has 0 heterocycles. The van der Waals surface area contributed by atoms with Gasteiger partial charge in [0.1, 0.15) is 5.75 Å². The van der Waals surface area contributed by atoms with Gasteiger partial charge in [-0.25, -0.2) is 4.79 Å². The van der Waals surface area contributed by atoms with Gasteiger partial charge in [-0.2, -0.15) is 0 Å². The Labute approximate surface area is 90.3 Å². The number of carbonyl (C=O) groups excluding carboxylic acids is 1. The second kappa shape index (κ2) is 4.18. The predicted octanol–water partition coefficient (Wildman–Crippen LogP) is 2.96. The molecule has 0 aliphatic rings. The summed E-state index contributed by atoms with van der Waals surface area (Å²) in [5, 5.41) is 0. The molecule has 0 aliphatic carbocycles. The zero-order valence-corrected chi connectivity index (χ0v) is 8.53. The van der Waals surface area contributed by atoms with Gasteiger partial charge >= 0.3 is 6.47 Å². The smallest absolute Gasteiger partial charge is 0.418 e. The molecule has 0 bridgehead atoms. The first-order valence-electron chi connectivity index (χ1n) is 3.25. The van der Waals surface area contributed by atoms with Crippen molar-refractivity contribution >= 4 is 41.3 Å². The molecule has 0 spiro atoms. The number of halogens is 3. The van der Waals surface area contributed by atoms with Crippen molar-refractivity contribution in [2.45, 2.75) is 3.79 Å². The van der Waals surface area contributed by atoms with Crippen molar-refractivity contribution in [1.82, 2.24) is 0 Å². The standard InChI is InChI=1S/C8H4Cl3O2/c9-8(10,11)6-1-3-7(4-2-6)13-5-12/h1-4H. The van der Waals surface area contributed by atoms with E-state index in [-0.39, 0.29) is 0 Å². The minimum atomic E-state index is -1.45. The molecule has 1 rings (SSSR count). The van der Waals surface area contributed by atoms with Gasteiger partial charge in [0.25, 0.3) is 0 Å². The lowest BCUT2D eigenvalue weighted by molar-refractivity contribution is 0.442. The molecule has 1 radical (unpaired) electrons. The van der Waals surface area contributed by atoms with Crippen LogP contribution in [0.4, 0.5) is 0 Å². The fraction of sp³-hybridized carbons (Fsp3) is 0.125. The molecule has 0 atom stereocenters. The molecule has 0 fully saturated rings. The van der Waals surface area contributed by atoms with Crippen LogP contribution < -0.4 is 4.74 Å². The Bertz CT molecular complexity index is 289. The second-order valence-electron chi connectivity index (χ2n) is 2.21. The summed E-state index contributed by atoms with van der Waals surface area (Å²) in [5.74, 6) is 0.355. The molecule has 5 heteroatoms. The summed E-state index contributed by atoms with van der Waals surface area (Å²) in [6, 6.07) is 6.14. The number of rotatable bonds is 2. The number of hydrogen-bond acceptors (Lipinski definition) is 2. The topological polar surface area (TPSA) is 26.3 Å². The van der Waals surface area contributed by atoms with Gasteiger partial charge in [-0.15, -0.1) is 0 Å². The third-order valence-corrected chi connectivity index (χ3v) is 2.00. The molecule has 0 amide bonds. The summed E-state index contributed by atoms with van der Waals surface area (Å²) in [7, 11) is 0. The van der Waals surface area contributed by atoms with Gasteiger partial charge in [0.05, 0.1) is 0 Å². The zero-order chi connectivity index (χ0) is 9.90. The van der Waals surface area contributed by atoms with Crippen LogP contribution >= 0.6 is 34.8 Å². The first-order chi connectivity index (χ1) is 6.04. The maximum atomic E-state index is 9.83. The Morgan fingerprint density at radius 1 is 1.15 bits per heavy atom. The van der Waals surface area contributed by atoms with Gasteiger partial charge in [-0.1, -0.05) is 46.9 Å². The average molecular weight is 238 g/mol. The molecule has 0 saturated heterocycles. The Kier molecular flexibility index (Phi) is 3.42. The highest BCUT2D eigenvalue weighted by molar-refractivity contribution is 6.66. The molecule has 13 heavy (non-hydrogen) atoms. The summed E-state index contributed by atoms with van der Waals surface area (Å²) in [4.78, 5) is 9.83. The molecular formula is C8H4Cl3O2. The number of alkyl halides is 3. The summed E-state index contributed by atoms with van der Waals surface area (Å²) in [6.45, 7) is 1.29. The largest absolute Gasteiger partial charge is 0.423 e. The van der Waals surface area contributed by atoms with E-state index in [1.54, 1.807) is 12.1 Å². The van der Waals surface area contributed by atoms with Crippen LogP contribution in [-0.4, -0.2) is 6.47 Å². The molecule has 0 aromatic heterocycles. The maximum Gasteiger partial charge on any atom is 0.423 e. The summed E-state index contributed by atoms with van der Waals surface area (Å²) < 4.78 is 2.98. The van der Waals surface area contributed by atoms with Crippen LogP contribution in [0.1, 0.15) is 5.56 Å². The van der Waals surface area contributed by atoms with Gasteiger partial charge < -0.3 is 4.74 Å². The lowest BCUT2D eigenvalue weighted by Crippen LogP contribution is -1.99. The first-order valence-corrected chi connectivity index (χ1v) is 4.38. The van der Waals surface area contributed by atoms with E-state index in [2.05, 4.69) is 4.74 Å². The fourth-order valence-corrected chi connectivity index (χ4v) is 1.14. The molecule has 0 aliphatic heterocycles. The molecule has 1 aromatic rings. The van der Waals surface area contributed by atoms with E-state index in [9.17, 15) is 4.79 Å². The summed E-state index contributed by atoms with van der Waals surface area (Å²) in [6.07, 6.45) is 0. The minimum absolute atomic E-state index is 0.355. The highest BCUT2D eigenvalue weighted by Gasteiger charge is 2.22. The van der Waals surface area contributed by atoms with Crippen LogP contribution in [0.3, 0.4) is 0 Å². The Hall–Kier alpha value is -0.440. The Morgan fingerprint density at radius 3 is 2.08 bits per heavy atom. The first kappa shape index (κ1) is 10.6. The van der Waals surface area contributed by atoms with Crippen LogP contribution in [0, 0.1) is 0 Å². The van der Waals surface area contributed by atoms with E-state index in [1.165, 1.54) is 18.6 Å². The van der Waals surface area contributed by atoms with Crippen molar-refractivity contribution in [3.63, 3.8) is 0 Å². The maximum absolute atomic E-state index is 9.83. The minimum Gasteiger partial charge on any atom is -0.418 e. The van der Waals surface area contributed by atoms with Gasteiger partial charge in [0.2, 0.25) is 3.79 Å². The van der Waals surface area contributed by atoms with E-state index >= 15 is 0 Å². The third kappa shape index (κ3) is 3.07. The fourth-order valence-electron chi connectivity index (χ4n) is 0.760.